The lowest BCUT2D eigenvalue weighted by Gasteiger charge is -2.26. The van der Waals surface area contributed by atoms with Crippen molar-refractivity contribution in [3.8, 4) is 0 Å². The van der Waals surface area contributed by atoms with E-state index in [1.54, 1.807) is 0 Å². The topological polar surface area (TPSA) is 101 Å². The predicted octanol–water partition coefficient (Wildman–Crippen LogP) is 2.37. The average molecular weight is 355 g/mol. The number of nitrogens with zero attached hydrogens (tertiary/aromatic N) is 2. The molecule has 1 atom stereocenters. The molecule has 1 aliphatic heterocycles. The molecule has 4 rings (SSSR count). The summed E-state index contributed by atoms with van der Waals surface area (Å²) in [5, 5.41) is 17.1. The minimum atomic E-state index is -0.706. The van der Waals surface area contributed by atoms with Gasteiger partial charge in [0.15, 0.2) is 0 Å². The van der Waals surface area contributed by atoms with Crippen molar-refractivity contribution in [2.45, 2.75) is 50.5 Å². The van der Waals surface area contributed by atoms with E-state index in [1.807, 2.05) is 29.1 Å². The highest BCUT2D eigenvalue weighted by Crippen LogP contribution is 2.33. The largest absolute Gasteiger partial charge is 0.481 e. The van der Waals surface area contributed by atoms with Gasteiger partial charge in [0, 0.05) is 18.0 Å². The molecule has 1 aliphatic carbocycles. The summed E-state index contributed by atoms with van der Waals surface area (Å²) in [4.78, 5) is 34.5. The van der Waals surface area contributed by atoms with Gasteiger partial charge < -0.3 is 5.11 Å². The Labute approximate surface area is 150 Å². The summed E-state index contributed by atoms with van der Waals surface area (Å²) in [5.41, 5.74) is 1.76. The fourth-order valence-corrected chi connectivity index (χ4v) is 4.07. The Hall–Kier alpha value is -2.70. The summed E-state index contributed by atoms with van der Waals surface area (Å²) in [6, 6.07) is 6.01. The number of aliphatic carboxylic acids is 1. The van der Waals surface area contributed by atoms with Crippen molar-refractivity contribution in [2.24, 2.45) is 5.92 Å². The minimum absolute atomic E-state index is 0.211. The van der Waals surface area contributed by atoms with Crippen molar-refractivity contribution in [3.63, 3.8) is 0 Å². The second-order valence-corrected chi connectivity index (χ2v) is 7.27. The van der Waals surface area contributed by atoms with Crippen LogP contribution in [-0.2, 0) is 14.4 Å². The highest BCUT2D eigenvalue weighted by molar-refractivity contribution is 6.01. The molecule has 2 amide bonds. The minimum Gasteiger partial charge on any atom is -0.481 e. The summed E-state index contributed by atoms with van der Waals surface area (Å²) in [6.45, 7) is 0. The zero-order valence-corrected chi connectivity index (χ0v) is 14.4. The number of amides is 2. The standard InChI is InChI=1S/C19H21N3O4/c23-17-8-6-15(18(24)20-17)12-3-7-16-13(9-12)10-22(21-16)14-4-1-11(2-5-14)19(25)26/h3,7,9-11,14-15H,1-2,4-6,8H2,(H,25,26)(H,20,23,24)/t11-,14-,15?. The van der Waals surface area contributed by atoms with Gasteiger partial charge in [-0.1, -0.05) is 6.07 Å². The van der Waals surface area contributed by atoms with Crippen LogP contribution in [0, 0.1) is 5.92 Å². The molecule has 2 aliphatic rings. The van der Waals surface area contributed by atoms with E-state index in [0.29, 0.717) is 25.7 Å². The smallest absolute Gasteiger partial charge is 0.306 e. The van der Waals surface area contributed by atoms with E-state index in [-0.39, 0.29) is 29.7 Å². The van der Waals surface area contributed by atoms with E-state index in [0.717, 1.165) is 29.3 Å². The van der Waals surface area contributed by atoms with Crippen molar-refractivity contribution in [3.05, 3.63) is 30.0 Å². The van der Waals surface area contributed by atoms with Crippen LogP contribution >= 0.6 is 0 Å². The van der Waals surface area contributed by atoms with Crippen LogP contribution in [0.15, 0.2) is 24.4 Å². The van der Waals surface area contributed by atoms with Crippen LogP contribution in [0.2, 0.25) is 0 Å². The van der Waals surface area contributed by atoms with Crippen molar-refractivity contribution >= 4 is 28.7 Å². The van der Waals surface area contributed by atoms with E-state index in [9.17, 15) is 14.4 Å². The van der Waals surface area contributed by atoms with Crippen LogP contribution in [0.25, 0.3) is 10.9 Å². The molecule has 1 saturated heterocycles. The first-order valence-electron chi connectivity index (χ1n) is 9.06. The average Bonchev–Trinajstić information content (AvgIpc) is 3.05. The molecule has 0 bridgehead atoms. The highest BCUT2D eigenvalue weighted by Gasteiger charge is 2.29. The van der Waals surface area contributed by atoms with E-state index in [4.69, 9.17) is 5.11 Å². The van der Waals surface area contributed by atoms with Gasteiger partial charge in [-0.15, -0.1) is 0 Å². The molecule has 2 aromatic rings. The number of carbonyl (C=O) groups is 3. The number of carboxylic acids is 1. The lowest BCUT2D eigenvalue weighted by Crippen LogP contribution is -2.39. The highest BCUT2D eigenvalue weighted by atomic mass is 16.4. The summed E-state index contributed by atoms with van der Waals surface area (Å²) in [7, 11) is 0. The molecule has 1 aromatic heterocycles. The predicted molar refractivity (Wildman–Crippen MR) is 93.5 cm³/mol. The first-order valence-corrected chi connectivity index (χ1v) is 9.06. The zero-order valence-electron chi connectivity index (χ0n) is 14.4. The third kappa shape index (κ3) is 3.09. The van der Waals surface area contributed by atoms with Crippen LogP contribution in [0.1, 0.15) is 56.0 Å². The number of hydrogen-bond acceptors (Lipinski definition) is 4. The maximum absolute atomic E-state index is 12.1. The van der Waals surface area contributed by atoms with Crippen LogP contribution in [0.5, 0.6) is 0 Å². The maximum atomic E-state index is 12.1. The van der Waals surface area contributed by atoms with E-state index >= 15 is 0 Å². The van der Waals surface area contributed by atoms with Gasteiger partial charge in [0.05, 0.1) is 23.4 Å². The van der Waals surface area contributed by atoms with Gasteiger partial charge in [0.1, 0.15) is 0 Å². The monoisotopic (exact) mass is 355 g/mol. The Kier molecular flexibility index (Phi) is 4.22. The third-order valence-corrected chi connectivity index (χ3v) is 5.61. The normalized spacial score (nSPS) is 26.7. The molecule has 0 radical (unpaired) electrons. The number of piperidine rings is 1. The van der Waals surface area contributed by atoms with E-state index < -0.39 is 5.97 Å². The summed E-state index contributed by atoms with van der Waals surface area (Å²) in [5.74, 6) is -1.69. The molecular weight excluding hydrogens is 334 g/mol. The zero-order chi connectivity index (χ0) is 18.3. The Morgan fingerprint density at radius 2 is 1.92 bits per heavy atom. The molecule has 1 saturated carbocycles. The second kappa shape index (κ2) is 6.55. The molecule has 1 aromatic carbocycles. The number of hydrogen-bond donors (Lipinski definition) is 2. The Balaban J connectivity index is 1.54. The van der Waals surface area contributed by atoms with E-state index in [2.05, 4.69) is 10.4 Å². The first-order chi connectivity index (χ1) is 12.5. The van der Waals surface area contributed by atoms with Gasteiger partial charge in [-0.25, -0.2) is 0 Å². The summed E-state index contributed by atoms with van der Waals surface area (Å²) >= 11 is 0. The maximum Gasteiger partial charge on any atom is 0.306 e. The van der Waals surface area contributed by atoms with Crippen LogP contribution in [-0.4, -0.2) is 32.7 Å². The molecule has 2 heterocycles. The molecule has 136 valence electrons. The second-order valence-electron chi connectivity index (χ2n) is 7.27. The molecule has 7 nitrogen and oxygen atoms in total. The SMILES string of the molecule is O=C1CCC(c2ccc3nn([C@H]4CC[C@H](C(=O)O)CC4)cc3c2)C(=O)N1. The fraction of sp³-hybridized carbons (Fsp3) is 0.474. The van der Waals surface area contributed by atoms with Crippen molar-refractivity contribution in [2.75, 3.05) is 0 Å². The molecule has 1 unspecified atom stereocenters. The number of imide groups is 1. The third-order valence-electron chi connectivity index (χ3n) is 5.61. The van der Waals surface area contributed by atoms with Gasteiger partial charge in [-0.05, 0) is 49.8 Å². The number of carboxylic acid groups (broad SMARTS) is 1. The van der Waals surface area contributed by atoms with Gasteiger partial charge in [-0.2, -0.15) is 5.10 Å². The summed E-state index contributed by atoms with van der Waals surface area (Å²) in [6.07, 6.45) is 5.85. The van der Waals surface area contributed by atoms with Crippen molar-refractivity contribution in [1.29, 1.82) is 0 Å². The quantitative estimate of drug-likeness (QED) is 0.823. The molecule has 2 N–H and O–H groups in total. The number of fused-ring (bicyclic) bond motifs is 1. The molecule has 0 spiro atoms. The van der Waals surface area contributed by atoms with Crippen LogP contribution in [0.4, 0.5) is 0 Å². The number of rotatable bonds is 3. The fourth-order valence-electron chi connectivity index (χ4n) is 4.07. The Bertz CT molecular complexity index is 880. The van der Waals surface area contributed by atoms with Crippen molar-refractivity contribution < 1.29 is 19.5 Å². The number of aromatic nitrogens is 2. The Morgan fingerprint density at radius 3 is 2.62 bits per heavy atom. The molecule has 7 heteroatoms. The van der Waals surface area contributed by atoms with Crippen LogP contribution < -0.4 is 5.32 Å². The van der Waals surface area contributed by atoms with Crippen LogP contribution in [0.3, 0.4) is 0 Å². The Morgan fingerprint density at radius 1 is 1.15 bits per heavy atom. The number of carbonyl (C=O) groups excluding carboxylic acids is 2. The lowest BCUT2D eigenvalue weighted by atomic mass is 9.86. The number of benzene rings is 1. The number of nitrogens with one attached hydrogen (secondary N) is 1. The molecule has 2 fully saturated rings. The summed E-state index contributed by atoms with van der Waals surface area (Å²) < 4.78 is 1.94. The van der Waals surface area contributed by atoms with Gasteiger partial charge in [-0.3, -0.25) is 24.4 Å². The van der Waals surface area contributed by atoms with Gasteiger partial charge in [0.2, 0.25) is 11.8 Å². The lowest BCUT2D eigenvalue weighted by molar-refractivity contribution is -0.143. The van der Waals surface area contributed by atoms with E-state index in [1.165, 1.54) is 0 Å². The first kappa shape index (κ1) is 16.8. The van der Waals surface area contributed by atoms with Gasteiger partial charge in [0.25, 0.3) is 0 Å². The van der Waals surface area contributed by atoms with Gasteiger partial charge >= 0.3 is 5.97 Å². The molecule has 26 heavy (non-hydrogen) atoms. The van der Waals surface area contributed by atoms with Crippen molar-refractivity contribution in [1.82, 2.24) is 15.1 Å². The molecular formula is C19H21N3O4.